The Labute approximate surface area is 111 Å². The van der Waals surface area contributed by atoms with Crippen LogP contribution in [-0.2, 0) is 16.0 Å². The second-order valence-corrected chi connectivity index (χ2v) is 5.46. The van der Waals surface area contributed by atoms with Crippen LogP contribution in [0.4, 0.5) is 0 Å². The van der Waals surface area contributed by atoms with Crippen molar-refractivity contribution >= 4 is 23.2 Å². The zero-order chi connectivity index (χ0) is 13.7. The lowest BCUT2D eigenvalue weighted by molar-refractivity contribution is -0.141. The molecule has 0 radical (unpaired) electrons. The predicted octanol–water partition coefficient (Wildman–Crippen LogP) is 2.30. The van der Waals surface area contributed by atoms with Gasteiger partial charge in [0.15, 0.2) is 0 Å². The molecule has 1 N–H and O–H groups in total. The lowest BCUT2D eigenvalue weighted by Gasteiger charge is -2.11. The van der Waals surface area contributed by atoms with E-state index in [2.05, 4.69) is 17.0 Å². The molecule has 100 valence electrons. The van der Waals surface area contributed by atoms with Gasteiger partial charge in [0.05, 0.1) is 18.4 Å². The molecule has 1 amide bonds. The van der Waals surface area contributed by atoms with E-state index in [9.17, 15) is 9.59 Å². The van der Waals surface area contributed by atoms with Gasteiger partial charge in [0, 0.05) is 10.9 Å². The average Bonchev–Trinajstić information content (AvgIpc) is 2.70. The molecule has 1 aromatic rings. The summed E-state index contributed by atoms with van der Waals surface area (Å²) in [4.78, 5) is 24.9. The Morgan fingerprint density at radius 3 is 2.67 bits per heavy atom. The molecule has 18 heavy (non-hydrogen) atoms. The van der Waals surface area contributed by atoms with Crippen molar-refractivity contribution in [3.05, 3.63) is 21.4 Å². The number of rotatable bonds is 5. The number of ether oxygens (including phenoxy) is 1. The third kappa shape index (κ3) is 3.84. The zero-order valence-corrected chi connectivity index (χ0v) is 12.0. The fourth-order valence-electron chi connectivity index (χ4n) is 1.66. The van der Waals surface area contributed by atoms with E-state index < -0.39 is 0 Å². The van der Waals surface area contributed by atoms with Gasteiger partial charge >= 0.3 is 5.97 Å². The van der Waals surface area contributed by atoms with E-state index in [0.29, 0.717) is 4.88 Å². The van der Waals surface area contributed by atoms with Crippen molar-refractivity contribution in [3.8, 4) is 0 Å². The summed E-state index contributed by atoms with van der Waals surface area (Å²) in [7, 11) is 1.34. The number of methoxy groups -OCH3 is 1. The van der Waals surface area contributed by atoms with E-state index in [4.69, 9.17) is 0 Å². The third-order valence-corrected chi connectivity index (χ3v) is 3.79. The number of esters is 1. The summed E-state index contributed by atoms with van der Waals surface area (Å²) >= 11 is 1.49. The molecule has 0 fully saturated rings. The smallest absolute Gasteiger partial charge is 0.307 e. The molecule has 0 aliphatic rings. The number of amides is 1. The molecule has 1 heterocycles. The number of aryl methyl sites for hydroxylation is 2. The van der Waals surface area contributed by atoms with Gasteiger partial charge in [-0.05, 0) is 31.9 Å². The number of hydrogen-bond acceptors (Lipinski definition) is 4. The Morgan fingerprint density at radius 2 is 2.17 bits per heavy atom. The molecule has 1 unspecified atom stereocenters. The van der Waals surface area contributed by atoms with Gasteiger partial charge in [0.1, 0.15) is 0 Å². The van der Waals surface area contributed by atoms with Crippen LogP contribution < -0.4 is 5.32 Å². The van der Waals surface area contributed by atoms with E-state index in [1.54, 1.807) is 6.92 Å². The summed E-state index contributed by atoms with van der Waals surface area (Å²) in [6.07, 6.45) is 1.11. The second-order valence-electron chi connectivity index (χ2n) is 4.20. The van der Waals surface area contributed by atoms with Crippen molar-refractivity contribution in [2.75, 3.05) is 7.11 Å². The van der Waals surface area contributed by atoms with Gasteiger partial charge in [-0.2, -0.15) is 0 Å². The molecular weight excluding hydrogens is 250 g/mol. The van der Waals surface area contributed by atoms with Gasteiger partial charge in [-0.25, -0.2) is 0 Å². The average molecular weight is 269 g/mol. The van der Waals surface area contributed by atoms with Crippen LogP contribution in [0.5, 0.6) is 0 Å². The van der Waals surface area contributed by atoms with Gasteiger partial charge in [-0.1, -0.05) is 6.92 Å². The summed E-state index contributed by atoms with van der Waals surface area (Å²) < 4.78 is 4.56. The first-order valence-corrected chi connectivity index (χ1v) is 6.76. The van der Waals surface area contributed by atoms with Crippen molar-refractivity contribution in [1.29, 1.82) is 0 Å². The summed E-state index contributed by atoms with van der Waals surface area (Å²) in [5, 5.41) is 2.80. The first-order valence-electron chi connectivity index (χ1n) is 5.94. The molecule has 0 aromatic carbocycles. The summed E-state index contributed by atoms with van der Waals surface area (Å²) in [6, 6.07) is 1.69. The predicted molar refractivity (Wildman–Crippen MR) is 72.0 cm³/mol. The Balaban J connectivity index is 2.61. The highest BCUT2D eigenvalue weighted by Crippen LogP contribution is 2.22. The summed E-state index contributed by atoms with van der Waals surface area (Å²) in [5.41, 5.74) is 1.20. The van der Waals surface area contributed by atoms with Gasteiger partial charge in [-0.15, -0.1) is 11.3 Å². The van der Waals surface area contributed by atoms with Crippen LogP contribution in [0.3, 0.4) is 0 Å². The topological polar surface area (TPSA) is 55.4 Å². The van der Waals surface area contributed by atoms with Crippen molar-refractivity contribution in [2.24, 2.45) is 0 Å². The quantitative estimate of drug-likeness (QED) is 0.834. The van der Waals surface area contributed by atoms with E-state index in [1.807, 2.05) is 13.0 Å². The molecule has 0 bridgehead atoms. The van der Waals surface area contributed by atoms with E-state index in [0.717, 1.165) is 6.42 Å². The molecule has 1 rings (SSSR count). The SMILES string of the molecule is CCc1cc(C(=O)NC(C)CC(=O)OC)sc1C. The number of carbonyl (C=O) groups is 2. The van der Waals surface area contributed by atoms with Crippen LogP contribution in [0.2, 0.25) is 0 Å². The summed E-state index contributed by atoms with van der Waals surface area (Å²) in [6.45, 7) is 5.87. The Bertz CT molecular complexity index is 439. The number of carbonyl (C=O) groups excluding carboxylic acids is 2. The highest BCUT2D eigenvalue weighted by Gasteiger charge is 2.16. The molecule has 0 aliphatic carbocycles. The van der Waals surface area contributed by atoms with E-state index >= 15 is 0 Å². The molecular formula is C13H19NO3S. The minimum absolute atomic E-state index is 0.126. The van der Waals surface area contributed by atoms with E-state index in [1.165, 1.54) is 28.9 Å². The monoisotopic (exact) mass is 269 g/mol. The minimum atomic E-state index is -0.320. The number of nitrogens with one attached hydrogen (secondary N) is 1. The van der Waals surface area contributed by atoms with Gasteiger partial charge in [0.2, 0.25) is 0 Å². The molecule has 0 saturated carbocycles. The molecule has 1 aromatic heterocycles. The minimum Gasteiger partial charge on any atom is -0.469 e. The van der Waals surface area contributed by atoms with Crippen molar-refractivity contribution in [3.63, 3.8) is 0 Å². The lowest BCUT2D eigenvalue weighted by Crippen LogP contribution is -2.34. The van der Waals surface area contributed by atoms with Crippen LogP contribution in [0.1, 0.15) is 40.4 Å². The van der Waals surface area contributed by atoms with Crippen molar-refractivity contribution in [1.82, 2.24) is 5.32 Å². The largest absolute Gasteiger partial charge is 0.469 e. The molecule has 5 heteroatoms. The van der Waals surface area contributed by atoms with Crippen LogP contribution in [0.25, 0.3) is 0 Å². The molecule has 0 aliphatic heterocycles. The molecule has 1 atom stereocenters. The molecule has 0 spiro atoms. The van der Waals surface area contributed by atoms with Gasteiger partial charge in [-0.3, -0.25) is 9.59 Å². The maximum Gasteiger partial charge on any atom is 0.307 e. The normalized spacial score (nSPS) is 12.0. The van der Waals surface area contributed by atoms with Crippen molar-refractivity contribution in [2.45, 2.75) is 39.7 Å². The standard InChI is InChI=1S/C13H19NO3S/c1-5-10-7-11(18-9(10)3)13(16)14-8(2)6-12(15)17-4/h7-8H,5-6H2,1-4H3,(H,14,16). The van der Waals surface area contributed by atoms with Crippen molar-refractivity contribution < 1.29 is 14.3 Å². The highest BCUT2D eigenvalue weighted by molar-refractivity contribution is 7.14. The van der Waals surface area contributed by atoms with Crippen LogP contribution >= 0.6 is 11.3 Å². The third-order valence-electron chi connectivity index (χ3n) is 2.70. The van der Waals surface area contributed by atoms with E-state index in [-0.39, 0.29) is 24.3 Å². The zero-order valence-electron chi connectivity index (χ0n) is 11.2. The summed E-state index contributed by atoms with van der Waals surface area (Å²) in [5.74, 6) is -0.446. The fraction of sp³-hybridized carbons (Fsp3) is 0.538. The van der Waals surface area contributed by atoms with Crippen LogP contribution in [0.15, 0.2) is 6.07 Å². The Kier molecular flexibility index (Phi) is 5.34. The lowest BCUT2D eigenvalue weighted by atomic mass is 10.2. The molecule has 4 nitrogen and oxygen atoms in total. The van der Waals surface area contributed by atoms with Gasteiger partial charge in [0.25, 0.3) is 5.91 Å². The maximum atomic E-state index is 12.0. The van der Waals surface area contributed by atoms with Gasteiger partial charge < -0.3 is 10.1 Å². The first kappa shape index (κ1) is 14.7. The highest BCUT2D eigenvalue weighted by atomic mass is 32.1. The fourth-order valence-corrected chi connectivity index (χ4v) is 2.68. The Hall–Kier alpha value is -1.36. The maximum absolute atomic E-state index is 12.0. The van der Waals surface area contributed by atoms with Crippen LogP contribution in [0, 0.1) is 6.92 Å². The molecule has 0 saturated heterocycles. The number of hydrogen-bond donors (Lipinski definition) is 1. The second kappa shape index (κ2) is 6.54. The first-order chi connectivity index (χ1) is 8.47. The Morgan fingerprint density at radius 1 is 1.50 bits per heavy atom. The number of thiophene rings is 1. The van der Waals surface area contributed by atoms with Crippen LogP contribution in [-0.4, -0.2) is 25.0 Å².